The lowest BCUT2D eigenvalue weighted by atomic mass is 9.64. The van der Waals surface area contributed by atoms with Crippen molar-refractivity contribution in [2.75, 3.05) is 0 Å². The summed E-state index contributed by atoms with van der Waals surface area (Å²) >= 11 is 12.6. The molecule has 4 nitrogen and oxygen atoms in total. The summed E-state index contributed by atoms with van der Waals surface area (Å²) in [5, 5.41) is 0.491. The van der Waals surface area contributed by atoms with Crippen molar-refractivity contribution in [2.45, 2.75) is 31.7 Å². The third-order valence-electron chi connectivity index (χ3n) is 5.40. The highest BCUT2D eigenvalue weighted by Crippen LogP contribution is 2.50. The molecule has 2 aromatic carbocycles. The second-order valence-corrected chi connectivity index (χ2v) is 10.1. The minimum absolute atomic E-state index is 0.349. The van der Waals surface area contributed by atoms with Crippen LogP contribution in [0.4, 0.5) is 0 Å². The molecule has 0 amide bonds. The van der Waals surface area contributed by atoms with Crippen molar-refractivity contribution >= 4 is 61.0 Å². The van der Waals surface area contributed by atoms with Crippen LogP contribution in [0.2, 0.25) is 5.02 Å². The van der Waals surface area contributed by atoms with Gasteiger partial charge in [-0.15, -0.1) is 0 Å². The molecule has 0 aliphatic carbocycles. The summed E-state index contributed by atoms with van der Waals surface area (Å²) in [6, 6.07) is 13.6. The van der Waals surface area contributed by atoms with Crippen LogP contribution in [0.15, 0.2) is 53.0 Å². The third kappa shape index (κ3) is 3.82. The fraction of sp³-hybridized carbons (Fsp3) is 0.318. The Labute approximate surface area is 191 Å². The SMILES string of the molecule is CC1(C)C(=O)[C@](C)([C@H](Br)C(=O)c2ccc(Cl)cc2)C(=O)O[C@H]1c1ccc(Br)cc1. The molecule has 1 heterocycles. The van der Waals surface area contributed by atoms with E-state index >= 15 is 0 Å². The average molecular weight is 543 g/mol. The molecule has 0 N–H and O–H groups in total. The van der Waals surface area contributed by atoms with Gasteiger partial charge in [0.15, 0.2) is 11.6 Å². The first-order valence-corrected chi connectivity index (χ1v) is 11.0. The maximum Gasteiger partial charge on any atom is 0.321 e. The maximum absolute atomic E-state index is 13.5. The van der Waals surface area contributed by atoms with Crippen molar-refractivity contribution in [1.29, 1.82) is 0 Å². The van der Waals surface area contributed by atoms with Crippen LogP contribution in [0, 0.1) is 10.8 Å². The molecule has 0 radical (unpaired) electrons. The first kappa shape index (κ1) is 22.2. The molecule has 0 saturated carbocycles. The highest BCUT2D eigenvalue weighted by molar-refractivity contribution is 9.10. The van der Waals surface area contributed by atoms with E-state index in [1.54, 1.807) is 38.1 Å². The number of ether oxygens (including phenoxy) is 1. The van der Waals surface area contributed by atoms with Crippen LogP contribution in [0.1, 0.15) is 42.8 Å². The molecule has 1 fully saturated rings. The number of alkyl halides is 1. The third-order valence-corrected chi connectivity index (χ3v) is 7.51. The number of halogens is 3. The summed E-state index contributed by atoms with van der Waals surface area (Å²) in [5.74, 6) is -1.45. The molecule has 1 aliphatic rings. The Balaban J connectivity index is 1.97. The van der Waals surface area contributed by atoms with Gasteiger partial charge in [-0.25, -0.2) is 0 Å². The Morgan fingerprint density at radius 3 is 2.14 bits per heavy atom. The Morgan fingerprint density at radius 2 is 1.59 bits per heavy atom. The predicted molar refractivity (Wildman–Crippen MR) is 118 cm³/mol. The maximum atomic E-state index is 13.5. The minimum atomic E-state index is -1.66. The van der Waals surface area contributed by atoms with Gasteiger partial charge in [0.2, 0.25) is 0 Å². The lowest BCUT2D eigenvalue weighted by Gasteiger charge is -2.46. The Hall–Kier alpha value is -1.50. The van der Waals surface area contributed by atoms with Gasteiger partial charge in [0.05, 0.1) is 5.41 Å². The largest absolute Gasteiger partial charge is 0.456 e. The number of Topliss-reactive ketones (excluding diaryl/α,β-unsaturated/α-hetero) is 2. The number of benzene rings is 2. The molecule has 152 valence electrons. The van der Waals surface area contributed by atoms with Gasteiger partial charge in [-0.3, -0.25) is 14.4 Å². The lowest BCUT2D eigenvalue weighted by Crippen LogP contribution is -2.59. The van der Waals surface area contributed by atoms with Crippen molar-refractivity contribution in [2.24, 2.45) is 10.8 Å². The second kappa shape index (κ2) is 7.97. The Bertz CT molecular complexity index is 969. The monoisotopic (exact) mass is 540 g/mol. The smallest absolute Gasteiger partial charge is 0.321 e. The van der Waals surface area contributed by atoms with E-state index in [-0.39, 0.29) is 11.6 Å². The molecule has 1 aliphatic heterocycles. The van der Waals surface area contributed by atoms with Gasteiger partial charge < -0.3 is 4.74 Å². The van der Waals surface area contributed by atoms with E-state index in [2.05, 4.69) is 31.9 Å². The van der Waals surface area contributed by atoms with Crippen LogP contribution in [0.3, 0.4) is 0 Å². The molecule has 0 aromatic heterocycles. The number of carbonyl (C=O) groups is 3. The van der Waals surface area contributed by atoms with Gasteiger partial charge in [-0.05, 0) is 62.7 Å². The van der Waals surface area contributed by atoms with Crippen LogP contribution in [0.25, 0.3) is 0 Å². The predicted octanol–water partition coefficient (Wildman–Crippen LogP) is 5.95. The zero-order valence-electron chi connectivity index (χ0n) is 16.0. The number of rotatable bonds is 4. The van der Waals surface area contributed by atoms with Crippen LogP contribution >= 0.6 is 43.5 Å². The van der Waals surface area contributed by atoms with Crippen LogP contribution in [0.5, 0.6) is 0 Å². The summed E-state index contributed by atoms with van der Waals surface area (Å²) < 4.78 is 6.64. The van der Waals surface area contributed by atoms with Gasteiger partial charge in [-0.2, -0.15) is 0 Å². The Morgan fingerprint density at radius 1 is 1.03 bits per heavy atom. The number of cyclic esters (lactones) is 1. The van der Waals surface area contributed by atoms with Gasteiger partial charge in [0.1, 0.15) is 16.3 Å². The normalized spacial score (nSPS) is 24.7. The van der Waals surface area contributed by atoms with E-state index in [1.807, 2.05) is 24.3 Å². The van der Waals surface area contributed by atoms with Crippen LogP contribution in [-0.2, 0) is 14.3 Å². The Kier molecular flexibility index (Phi) is 6.10. The van der Waals surface area contributed by atoms with E-state index in [9.17, 15) is 14.4 Å². The summed E-state index contributed by atoms with van der Waals surface area (Å²) in [7, 11) is 0. The van der Waals surface area contributed by atoms with Gasteiger partial charge in [0, 0.05) is 15.1 Å². The van der Waals surface area contributed by atoms with E-state index in [4.69, 9.17) is 16.3 Å². The van der Waals surface area contributed by atoms with Crippen molar-refractivity contribution < 1.29 is 19.1 Å². The number of hydrogen-bond donors (Lipinski definition) is 0. The van der Waals surface area contributed by atoms with Crippen molar-refractivity contribution in [1.82, 2.24) is 0 Å². The molecular formula is C22H19Br2ClO4. The van der Waals surface area contributed by atoms with Gasteiger partial charge in [0.25, 0.3) is 0 Å². The molecular weight excluding hydrogens is 523 g/mol. The summed E-state index contributed by atoms with van der Waals surface area (Å²) in [4.78, 5) is 38.5. The van der Waals surface area contributed by atoms with E-state index in [0.29, 0.717) is 10.6 Å². The molecule has 0 bridgehead atoms. The van der Waals surface area contributed by atoms with Crippen LogP contribution in [-0.4, -0.2) is 22.4 Å². The fourth-order valence-electron chi connectivity index (χ4n) is 3.62. The summed E-state index contributed by atoms with van der Waals surface area (Å²) in [5.41, 5.74) is -1.61. The number of ketones is 2. The van der Waals surface area contributed by atoms with Gasteiger partial charge >= 0.3 is 5.97 Å². The van der Waals surface area contributed by atoms with E-state index < -0.39 is 27.7 Å². The van der Waals surface area contributed by atoms with Crippen LogP contribution < -0.4 is 0 Å². The molecule has 3 rings (SSSR count). The molecule has 29 heavy (non-hydrogen) atoms. The fourth-order valence-corrected chi connectivity index (χ4v) is 4.67. The molecule has 2 aromatic rings. The standard InChI is InChI=1S/C22H19Br2ClO4/c1-21(2)18(13-4-8-14(23)9-5-13)29-20(28)22(3,19(21)27)17(24)16(26)12-6-10-15(25)11-7-12/h4-11,17-18H,1-3H3/t17-,18+,22+/m1/s1. The second-order valence-electron chi connectivity index (χ2n) is 7.82. The lowest BCUT2D eigenvalue weighted by molar-refractivity contribution is -0.187. The highest BCUT2D eigenvalue weighted by atomic mass is 79.9. The first-order valence-electron chi connectivity index (χ1n) is 8.95. The van der Waals surface area contributed by atoms with Gasteiger partial charge in [-0.1, -0.05) is 55.6 Å². The molecule has 7 heteroatoms. The van der Waals surface area contributed by atoms with Crippen molar-refractivity contribution in [3.8, 4) is 0 Å². The van der Waals surface area contributed by atoms with E-state index in [0.717, 1.165) is 10.0 Å². The summed E-state index contributed by atoms with van der Waals surface area (Å²) in [6.07, 6.45) is -0.742. The van der Waals surface area contributed by atoms with E-state index in [1.165, 1.54) is 6.92 Å². The van der Waals surface area contributed by atoms with Crippen molar-refractivity contribution in [3.05, 3.63) is 69.2 Å². The first-order chi connectivity index (χ1) is 13.5. The zero-order chi connectivity index (χ0) is 21.6. The minimum Gasteiger partial charge on any atom is -0.456 e. The summed E-state index contributed by atoms with van der Waals surface area (Å²) in [6.45, 7) is 4.93. The molecule has 0 spiro atoms. The number of carbonyl (C=O) groups excluding carboxylic acids is 3. The highest BCUT2D eigenvalue weighted by Gasteiger charge is 2.62. The molecule has 0 unspecified atom stereocenters. The quantitative estimate of drug-likeness (QED) is 0.207. The molecule has 1 saturated heterocycles. The van der Waals surface area contributed by atoms with Crippen molar-refractivity contribution in [3.63, 3.8) is 0 Å². The number of hydrogen-bond acceptors (Lipinski definition) is 4. The molecule has 3 atom stereocenters. The number of esters is 1. The average Bonchev–Trinajstić information content (AvgIpc) is 2.69. The topological polar surface area (TPSA) is 60.4 Å². The zero-order valence-corrected chi connectivity index (χ0v) is 20.0.